The Kier molecular flexibility index (Phi) is 11.3. The van der Waals surface area contributed by atoms with E-state index in [0.29, 0.717) is 11.5 Å². The summed E-state index contributed by atoms with van der Waals surface area (Å²) in [6, 6.07) is 56.6. The molecule has 0 saturated heterocycles. The van der Waals surface area contributed by atoms with Crippen LogP contribution in [0, 0.1) is 38.5 Å². The van der Waals surface area contributed by atoms with Gasteiger partial charge in [0.2, 0.25) is 0 Å². The molecule has 0 aliphatic carbocycles. The summed E-state index contributed by atoms with van der Waals surface area (Å²) < 4.78 is 23.4. The molecule has 0 amide bonds. The van der Waals surface area contributed by atoms with Crippen LogP contribution < -0.4 is 14.5 Å². The Balaban J connectivity index is 0.00000533. The largest absolute Gasteiger partial charge is 0.509 e. The summed E-state index contributed by atoms with van der Waals surface area (Å²) in [4.78, 5) is 9.36. The molecule has 3 heterocycles. The monoisotopic (exact) mass is 1030 g/mol. The first kappa shape index (κ1) is 43.7. The van der Waals surface area contributed by atoms with Gasteiger partial charge < -0.3 is 19.1 Å². The molecule has 5 nitrogen and oxygen atoms in total. The van der Waals surface area contributed by atoms with E-state index >= 15 is 0 Å². The van der Waals surface area contributed by atoms with E-state index in [1.165, 1.54) is 34.4 Å². The van der Waals surface area contributed by atoms with Gasteiger partial charge in [-0.1, -0.05) is 126 Å². The summed E-state index contributed by atoms with van der Waals surface area (Å²) in [5.41, 5.74) is 14.4. The summed E-state index contributed by atoms with van der Waals surface area (Å²) in [5, 5.41) is 2.19. The number of rotatable bonds is 7. The minimum absolute atomic E-state index is 0. The first-order chi connectivity index (χ1) is 30.7. The zero-order chi connectivity index (χ0) is 44.5. The first-order valence-electron chi connectivity index (χ1n) is 21.9. The fraction of sp³-hybridized carbons (Fsp3) is 0.172. The number of para-hydroxylation sites is 4. The third-order valence-corrected chi connectivity index (χ3v) is 12.3. The van der Waals surface area contributed by atoms with Gasteiger partial charge in [-0.15, -0.1) is 53.6 Å². The molecule has 10 rings (SSSR count). The van der Waals surface area contributed by atoms with Gasteiger partial charge in [0, 0.05) is 66.9 Å². The smallest absolute Gasteiger partial charge is 0.135 e. The van der Waals surface area contributed by atoms with Gasteiger partial charge in [-0.2, -0.15) is 6.07 Å². The van der Waals surface area contributed by atoms with Gasteiger partial charge >= 0.3 is 0 Å². The third-order valence-electron chi connectivity index (χ3n) is 12.3. The molecule has 1 aliphatic rings. The summed E-state index contributed by atoms with van der Waals surface area (Å²) >= 11 is 0. The van der Waals surface area contributed by atoms with Crippen LogP contribution in [0.15, 0.2) is 152 Å². The fourth-order valence-electron chi connectivity index (χ4n) is 9.18. The van der Waals surface area contributed by atoms with Crippen molar-refractivity contribution in [2.45, 2.75) is 66.2 Å². The number of pyridine rings is 1. The zero-order valence-electron chi connectivity index (χ0n) is 37.9. The van der Waals surface area contributed by atoms with Crippen LogP contribution >= 0.6 is 0 Å². The van der Waals surface area contributed by atoms with Crippen LogP contribution in [-0.2, 0) is 31.9 Å². The third kappa shape index (κ3) is 8.03. The minimum atomic E-state index is -0.262. The van der Waals surface area contributed by atoms with Crippen molar-refractivity contribution < 1.29 is 30.2 Å². The number of halogens is 1. The Morgan fingerprint density at radius 1 is 0.615 bits per heavy atom. The van der Waals surface area contributed by atoms with Gasteiger partial charge in [0.1, 0.15) is 11.6 Å². The molecule has 7 heteroatoms. The molecule has 0 spiro atoms. The molecule has 328 valence electrons. The molecule has 0 unspecified atom stereocenters. The molecule has 0 bridgehead atoms. The number of anilines is 4. The Labute approximate surface area is 396 Å². The summed E-state index contributed by atoms with van der Waals surface area (Å²) in [5.74, 6) is 1.70. The molecule has 7 aromatic carbocycles. The number of hydrogen-bond donors (Lipinski definition) is 0. The molecular weight excluding hydrogens is 983 g/mol. The normalized spacial score (nSPS) is 12.8. The fourth-order valence-corrected chi connectivity index (χ4v) is 9.18. The van der Waals surface area contributed by atoms with E-state index in [2.05, 4.69) is 204 Å². The van der Waals surface area contributed by atoms with E-state index in [9.17, 15) is 4.39 Å². The molecular formula is C58H50FN4OPt-3. The van der Waals surface area contributed by atoms with E-state index in [0.717, 1.165) is 72.6 Å². The van der Waals surface area contributed by atoms with Gasteiger partial charge in [-0.05, 0) is 106 Å². The quantitative estimate of drug-likeness (QED) is 0.149. The molecule has 0 radical (unpaired) electrons. The van der Waals surface area contributed by atoms with E-state index < -0.39 is 0 Å². The van der Waals surface area contributed by atoms with Crippen molar-refractivity contribution in [3.63, 3.8) is 0 Å². The standard InChI is InChI=1S/C58H50FN4O.Pt/c1-37-15-13-16-38(2)55(37)40-31-43(61-36-62(52-22-12-11-21-51(52)61)56-46(39-23-25-42(59)26-24-39)18-14-19-49(56)58(6,7)8)34-45(32-40)64-44-27-28-48-47-17-9-10-20-50(47)63(53(48)35-44)54-33-41(29-30-60-54)57(3,4)5;/h9-33,36H,1-8H3;/q-3;. The van der Waals surface area contributed by atoms with Gasteiger partial charge in [-0.3, -0.25) is 0 Å². The van der Waals surface area contributed by atoms with Crippen LogP contribution in [-0.4, -0.2) is 9.55 Å². The molecule has 9 aromatic rings. The van der Waals surface area contributed by atoms with E-state index in [4.69, 9.17) is 9.72 Å². The van der Waals surface area contributed by atoms with Crippen LogP contribution in [0.5, 0.6) is 11.5 Å². The molecule has 65 heavy (non-hydrogen) atoms. The zero-order valence-corrected chi connectivity index (χ0v) is 40.2. The maximum atomic E-state index is 14.3. The molecule has 0 fully saturated rings. The number of benzene rings is 7. The molecule has 0 atom stereocenters. The second-order valence-electron chi connectivity index (χ2n) is 18.9. The van der Waals surface area contributed by atoms with E-state index in [1.807, 2.05) is 24.4 Å². The summed E-state index contributed by atoms with van der Waals surface area (Å²) in [6.07, 6.45) is 1.90. The number of ether oxygens (including phenoxy) is 1. The van der Waals surface area contributed by atoms with Crippen molar-refractivity contribution in [1.29, 1.82) is 0 Å². The second-order valence-corrected chi connectivity index (χ2v) is 18.9. The van der Waals surface area contributed by atoms with Crippen LogP contribution in [0.4, 0.5) is 27.1 Å². The summed E-state index contributed by atoms with van der Waals surface area (Å²) in [6.45, 7) is 19.8. The first-order valence-corrected chi connectivity index (χ1v) is 21.9. The molecule has 2 aromatic heterocycles. The van der Waals surface area contributed by atoms with Crippen molar-refractivity contribution in [1.82, 2.24) is 9.55 Å². The maximum Gasteiger partial charge on any atom is 0.135 e. The second kappa shape index (κ2) is 16.8. The van der Waals surface area contributed by atoms with Gasteiger partial charge in [-0.25, -0.2) is 9.37 Å². The summed E-state index contributed by atoms with van der Waals surface area (Å²) in [7, 11) is 0. The number of nitrogens with zero attached hydrogens (tertiary/aromatic N) is 4. The SMILES string of the molecule is Cc1cccc(C)c1-c1cc(Oc2[c-]c3c(cc2)c2ccccc2n3-c2cc(C(C)(C)C)ccn2)[c-]c(N2[CH-]N(c3c(-c4ccc(F)cc4)cccc3C(C)(C)C)c3ccccc32)c1.[Pt]. The predicted molar refractivity (Wildman–Crippen MR) is 262 cm³/mol. The van der Waals surface area contributed by atoms with Gasteiger partial charge in [0.25, 0.3) is 0 Å². The number of aryl methyl sites for hydroxylation is 2. The predicted octanol–water partition coefficient (Wildman–Crippen LogP) is 15.7. The average Bonchev–Trinajstić information content (AvgIpc) is 3.82. The Hall–Kier alpha value is -6.49. The van der Waals surface area contributed by atoms with Crippen LogP contribution in [0.1, 0.15) is 63.8 Å². The van der Waals surface area contributed by atoms with E-state index in [-0.39, 0.29) is 37.7 Å². The average molecular weight is 1030 g/mol. The Morgan fingerprint density at radius 3 is 2.03 bits per heavy atom. The van der Waals surface area contributed by atoms with Crippen molar-refractivity contribution >= 4 is 44.6 Å². The number of fused-ring (bicyclic) bond motifs is 4. The van der Waals surface area contributed by atoms with Crippen molar-refractivity contribution in [3.05, 3.63) is 199 Å². The minimum Gasteiger partial charge on any atom is -0.509 e. The topological polar surface area (TPSA) is 33.5 Å². The number of hydrogen-bond acceptors (Lipinski definition) is 4. The van der Waals surface area contributed by atoms with Crippen LogP contribution in [0.25, 0.3) is 49.9 Å². The van der Waals surface area contributed by atoms with Crippen LogP contribution in [0.3, 0.4) is 0 Å². The van der Waals surface area contributed by atoms with Crippen molar-refractivity contribution in [3.8, 4) is 39.6 Å². The Bertz CT molecular complexity index is 3230. The van der Waals surface area contributed by atoms with Crippen LogP contribution in [0.2, 0.25) is 0 Å². The maximum absolute atomic E-state index is 14.3. The number of aromatic nitrogens is 2. The molecule has 0 saturated carbocycles. The van der Waals surface area contributed by atoms with E-state index in [1.54, 1.807) is 0 Å². The van der Waals surface area contributed by atoms with Gasteiger partial charge in [0.05, 0.1) is 0 Å². The van der Waals surface area contributed by atoms with Crippen molar-refractivity contribution in [2.24, 2.45) is 0 Å². The molecule has 1 aliphatic heterocycles. The van der Waals surface area contributed by atoms with Crippen molar-refractivity contribution in [2.75, 3.05) is 9.80 Å². The Morgan fingerprint density at radius 2 is 1.31 bits per heavy atom. The molecule has 0 N–H and O–H groups in total. The van der Waals surface area contributed by atoms with Gasteiger partial charge in [0.15, 0.2) is 0 Å².